The van der Waals surface area contributed by atoms with Crippen LogP contribution in [-0.4, -0.2) is 13.2 Å². The molecule has 0 radical (unpaired) electrons. The highest BCUT2D eigenvalue weighted by Gasteiger charge is 2.18. The zero-order valence-corrected chi connectivity index (χ0v) is 13.6. The van der Waals surface area contributed by atoms with E-state index in [1.165, 1.54) is 25.0 Å². The van der Waals surface area contributed by atoms with Crippen LogP contribution >= 0.6 is 27.3 Å². The second-order valence-corrected chi connectivity index (χ2v) is 7.31. The van der Waals surface area contributed by atoms with Crippen LogP contribution in [0.15, 0.2) is 52.3 Å². The molecule has 0 atom stereocenters. The van der Waals surface area contributed by atoms with Gasteiger partial charge in [-0.2, -0.15) is 0 Å². The van der Waals surface area contributed by atoms with E-state index in [9.17, 15) is 0 Å². The Morgan fingerprint density at radius 1 is 0.952 bits per heavy atom. The van der Waals surface area contributed by atoms with Crippen molar-refractivity contribution in [1.82, 2.24) is 0 Å². The highest BCUT2D eigenvalue weighted by Crippen LogP contribution is 2.42. The van der Waals surface area contributed by atoms with Crippen LogP contribution in [0.2, 0.25) is 0 Å². The SMILES string of the molecule is Brc1sc2ccccc2c1-c1ccc(C2OCCO2)cc1. The van der Waals surface area contributed by atoms with Gasteiger partial charge in [-0.3, -0.25) is 0 Å². The summed E-state index contributed by atoms with van der Waals surface area (Å²) in [5.74, 6) is 0. The van der Waals surface area contributed by atoms with Gasteiger partial charge in [0.05, 0.1) is 17.0 Å². The molecule has 0 spiro atoms. The fraction of sp³-hybridized carbons (Fsp3) is 0.176. The first-order valence-electron chi connectivity index (χ1n) is 6.83. The van der Waals surface area contributed by atoms with Gasteiger partial charge in [0.2, 0.25) is 0 Å². The van der Waals surface area contributed by atoms with Crippen LogP contribution in [0, 0.1) is 0 Å². The van der Waals surface area contributed by atoms with E-state index in [0.29, 0.717) is 13.2 Å². The maximum absolute atomic E-state index is 5.53. The second-order valence-electron chi connectivity index (χ2n) is 4.94. The Kier molecular flexibility index (Phi) is 3.55. The molecule has 1 aromatic heterocycles. The third kappa shape index (κ3) is 2.42. The van der Waals surface area contributed by atoms with E-state index in [1.54, 1.807) is 11.3 Å². The lowest BCUT2D eigenvalue weighted by atomic mass is 10.0. The quantitative estimate of drug-likeness (QED) is 0.610. The first-order valence-corrected chi connectivity index (χ1v) is 8.44. The van der Waals surface area contributed by atoms with Crippen molar-refractivity contribution in [2.24, 2.45) is 0 Å². The smallest absolute Gasteiger partial charge is 0.184 e. The number of halogens is 1. The predicted molar refractivity (Wildman–Crippen MR) is 89.6 cm³/mol. The summed E-state index contributed by atoms with van der Waals surface area (Å²) in [4.78, 5) is 0. The first-order chi connectivity index (χ1) is 10.3. The second kappa shape index (κ2) is 5.54. The Labute approximate surface area is 135 Å². The number of benzene rings is 2. The molecule has 0 bridgehead atoms. The van der Waals surface area contributed by atoms with Crippen LogP contribution < -0.4 is 0 Å². The zero-order valence-electron chi connectivity index (χ0n) is 11.2. The molecule has 0 aliphatic carbocycles. The summed E-state index contributed by atoms with van der Waals surface area (Å²) >= 11 is 5.47. The molecule has 1 fully saturated rings. The van der Waals surface area contributed by atoms with Gasteiger partial charge in [0.25, 0.3) is 0 Å². The molecular formula is C17H13BrO2S. The summed E-state index contributed by atoms with van der Waals surface area (Å²) < 4.78 is 13.5. The van der Waals surface area contributed by atoms with Crippen molar-refractivity contribution in [3.63, 3.8) is 0 Å². The van der Waals surface area contributed by atoms with Crippen LogP contribution in [0.5, 0.6) is 0 Å². The van der Waals surface area contributed by atoms with Crippen LogP contribution in [0.3, 0.4) is 0 Å². The summed E-state index contributed by atoms with van der Waals surface area (Å²) in [6.07, 6.45) is -0.207. The number of hydrogen-bond acceptors (Lipinski definition) is 3. The Balaban J connectivity index is 1.76. The van der Waals surface area contributed by atoms with Gasteiger partial charge in [-0.1, -0.05) is 42.5 Å². The van der Waals surface area contributed by atoms with Crippen molar-refractivity contribution >= 4 is 37.4 Å². The van der Waals surface area contributed by atoms with E-state index < -0.39 is 0 Å². The average Bonchev–Trinajstić information content (AvgIpc) is 3.14. The summed E-state index contributed by atoms with van der Waals surface area (Å²) in [6.45, 7) is 1.35. The molecule has 0 unspecified atom stereocenters. The first kappa shape index (κ1) is 13.5. The van der Waals surface area contributed by atoms with E-state index in [-0.39, 0.29) is 6.29 Å². The normalized spacial score (nSPS) is 15.9. The Hall–Kier alpha value is -1.20. The summed E-state index contributed by atoms with van der Waals surface area (Å²) in [5, 5.41) is 1.29. The van der Waals surface area contributed by atoms with Crippen molar-refractivity contribution in [2.45, 2.75) is 6.29 Å². The lowest BCUT2D eigenvalue weighted by molar-refractivity contribution is -0.0441. The van der Waals surface area contributed by atoms with Crippen molar-refractivity contribution in [3.8, 4) is 11.1 Å². The van der Waals surface area contributed by atoms with E-state index in [0.717, 1.165) is 5.56 Å². The fourth-order valence-electron chi connectivity index (χ4n) is 2.64. The van der Waals surface area contributed by atoms with E-state index in [4.69, 9.17) is 9.47 Å². The molecule has 1 aliphatic heterocycles. The number of thiophene rings is 1. The van der Waals surface area contributed by atoms with Gasteiger partial charge >= 0.3 is 0 Å². The third-order valence-electron chi connectivity index (χ3n) is 3.65. The van der Waals surface area contributed by atoms with Crippen molar-refractivity contribution < 1.29 is 9.47 Å². The van der Waals surface area contributed by atoms with E-state index in [1.807, 2.05) is 0 Å². The largest absolute Gasteiger partial charge is 0.346 e. The van der Waals surface area contributed by atoms with Crippen LogP contribution in [-0.2, 0) is 9.47 Å². The number of ether oxygens (including phenoxy) is 2. The molecule has 3 aromatic rings. The molecule has 0 N–H and O–H groups in total. The monoisotopic (exact) mass is 360 g/mol. The van der Waals surface area contributed by atoms with Gasteiger partial charge in [-0.25, -0.2) is 0 Å². The van der Waals surface area contributed by atoms with Gasteiger partial charge in [-0.15, -0.1) is 11.3 Å². The molecule has 2 nitrogen and oxygen atoms in total. The van der Waals surface area contributed by atoms with Crippen LogP contribution in [0.4, 0.5) is 0 Å². The van der Waals surface area contributed by atoms with Gasteiger partial charge in [0, 0.05) is 21.2 Å². The minimum absolute atomic E-state index is 0.207. The average molecular weight is 361 g/mol. The van der Waals surface area contributed by atoms with Gasteiger partial charge in [0.15, 0.2) is 6.29 Å². The Morgan fingerprint density at radius 3 is 2.43 bits per heavy atom. The van der Waals surface area contributed by atoms with Gasteiger partial charge in [-0.05, 0) is 27.6 Å². The third-order valence-corrected chi connectivity index (χ3v) is 5.49. The van der Waals surface area contributed by atoms with Crippen molar-refractivity contribution in [2.75, 3.05) is 13.2 Å². The maximum atomic E-state index is 5.53. The standard InChI is InChI=1S/C17H13BrO2S/c18-16-15(13-3-1-2-4-14(13)21-16)11-5-7-12(8-6-11)17-19-9-10-20-17/h1-8,17H,9-10H2. The minimum atomic E-state index is -0.207. The molecule has 4 rings (SSSR count). The lowest BCUT2D eigenvalue weighted by Crippen LogP contribution is -1.97. The van der Waals surface area contributed by atoms with Gasteiger partial charge < -0.3 is 9.47 Å². The van der Waals surface area contributed by atoms with E-state index >= 15 is 0 Å². The van der Waals surface area contributed by atoms with Gasteiger partial charge in [0.1, 0.15) is 0 Å². The molecule has 106 valence electrons. The lowest BCUT2D eigenvalue weighted by Gasteiger charge is -2.10. The number of fused-ring (bicyclic) bond motifs is 1. The molecule has 0 saturated carbocycles. The summed E-state index contributed by atoms with van der Waals surface area (Å²) in [7, 11) is 0. The molecule has 21 heavy (non-hydrogen) atoms. The maximum Gasteiger partial charge on any atom is 0.184 e. The van der Waals surface area contributed by atoms with E-state index in [2.05, 4.69) is 64.5 Å². The number of rotatable bonds is 2. The van der Waals surface area contributed by atoms with Crippen molar-refractivity contribution in [3.05, 3.63) is 57.9 Å². The fourth-order valence-corrected chi connectivity index (χ4v) is 4.56. The topological polar surface area (TPSA) is 18.5 Å². The molecule has 2 heterocycles. The summed E-state index contributed by atoms with van der Waals surface area (Å²) in [6, 6.07) is 16.9. The molecule has 2 aromatic carbocycles. The highest BCUT2D eigenvalue weighted by molar-refractivity contribution is 9.11. The molecular weight excluding hydrogens is 348 g/mol. The highest BCUT2D eigenvalue weighted by atomic mass is 79.9. The molecule has 4 heteroatoms. The Bertz CT molecular complexity index is 773. The number of hydrogen-bond donors (Lipinski definition) is 0. The molecule has 0 amide bonds. The molecule has 1 saturated heterocycles. The minimum Gasteiger partial charge on any atom is -0.346 e. The van der Waals surface area contributed by atoms with Crippen LogP contribution in [0.25, 0.3) is 21.2 Å². The zero-order chi connectivity index (χ0) is 14.2. The van der Waals surface area contributed by atoms with Crippen LogP contribution in [0.1, 0.15) is 11.9 Å². The summed E-state index contributed by atoms with van der Waals surface area (Å²) in [5.41, 5.74) is 3.54. The predicted octanol–water partition coefficient (Wildman–Crippen LogP) is 5.38. The molecule has 1 aliphatic rings. The van der Waals surface area contributed by atoms with Crippen molar-refractivity contribution in [1.29, 1.82) is 0 Å². The Morgan fingerprint density at radius 2 is 1.67 bits per heavy atom.